The highest BCUT2D eigenvalue weighted by molar-refractivity contribution is 8.03. The molecule has 1 aliphatic heterocycles. The molecule has 1 saturated heterocycles. The first-order valence-electron chi connectivity index (χ1n) is 7.62. The monoisotopic (exact) mass is 387 g/mol. The fourth-order valence-corrected chi connectivity index (χ4v) is 3.57. The second-order valence-electron chi connectivity index (χ2n) is 5.67. The number of rotatable bonds is 5. The highest BCUT2D eigenvalue weighted by Crippen LogP contribution is 2.59. The molecule has 9 heteroatoms. The van der Waals surface area contributed by atoms with Crippen LogP contribution >= 0.6 is 23.4 Å². The van der Waals surface area contributed by atoms with Crippen LogP contribution in [0.25, 0.3) is 0 Å². The lowest BCUT2D eigenvalue weighted by Crippen LogP contribution is -2.20. The van der Waals surface area contributed by atoms with Gasteiger partial charge in [-0.1, -0.05) is 29.8 Å². The van der Waals surface area contributed by atoms with E-state index in [1.54, 1.807) is 29.1 Å². The van der Waals surface area contributed by atoms with Crippen LogP contribution in [0.15, 0.2) is 54.1 Å². The van der Waals surface area contributed by atoms with E-state index in [4.69, 9.17) is 21.6 Å². The summed E-state index contributed by atoms with van der Waals surface area (Å²) in [4.78, 5) is 8.18. The van der Waals surface area contributed by atoms with Crippen LogP contribution in [0, 0.1) is 16.5 Å². The van der Waals surface area contributed by atoms with Gasteiger partial charge in [-0.2, -0.15) is 10.4 Å². The predicted molar refractivity (Wildman–Crippen MR) is 92.6 cm³/mol. The molecule has 26 heavy (non-hydrogen) atoms. The Hall–Kier alpha value is -2.47. The lowest BCUT2D eigenvalue weighted by molar-refractivity contribution is 0.256. The summed E-state index contributed by atoms with van der Waals surface area (Å²) in [6.07, 6.45) is 2.62. The van der Waals surface area contributed by atoms with Gasteiger partial charge >= 0.3 is 0 Å². The Bertz CT molecular complexity index is 989. The van der Waals surface area contributed by atoms with Gasteiger partial charge in [0.25, 0.3) is 0 Å². The molecule has 0 bridgehead atoms. The summed E-state index contributed by atoms with van der Waals surface area (Å²) in [6.45, 7) is 0.304. The van der Waals surface area contributed by atoms with Gasteiger partial charge in [-0.05, 0) is 23.8 Å². The van der Waals surface area contributed by atoms with Crippen molar-refractivity contribution in [1.82, 2.24) is 19.7 Å². The normalized spacial score (nSPS) is 21.3. The molecular formula is C17H11ClFN5OS. The quantitative estimate of drug-likeness (QED) is 0.287. The first-order valence-corrected chi connectivity index (χ1v) is 8.81. The molecule has 4 rings (SSSR count). The van der Waals surface area contributed by atoms with E-state index in [9.17, 15) is 4.39 Å². The zero-order valence-corrected chi connectivity index (χ0v) is 14.8. The Morgan fingerprint density at radius 3 is 2.85 bits per heavy atom. The van der Waals surface area contributed by atoms with Gasteiger partial charge in [-0.3, -0.25) is 0 Å². The van der Waals surface area contributed by atoms with Crippen LogP contribution in [0.2, 0.25) is 5.15 Å². The minimum atomic E-state index is -0.793. The van der Waals surface area contributed by atoms with Crippen molar-refractivity contribution in [3.8, 4) is 5.40 Å². The maximum Gasteiger partial charge on any atom is 0.200 e. The third-order valence-electron chi connectivity index (χ3n) is 4.20. The van der Waals surface area contributed by atoms with E-state index < -0.39 is 5.60 Å². The average Bonchev–Trinajstić information content (AvgIpc) is 3.19. The summed E-state index contributed by atoms with van der Waals surface area (Å²) in [6, 6.07) is 9.74. The number of thioether (sulfide) groups is 1. The number of aromatic nitrogens is 4. The maximum absolute atomic E-state index is 13.4. The average molecular weight is 388 g/mol. The van der Waals surface area contributed by atoms with Crippen LogP contribution < -0.4 is 0 Å². The Kier molecular flexibility index (Phi) is 4.36. The zero-order chi connectivity index (χ0) is 18.1. The molecule has 2 aromatic heterocycles. The van der Waals surface area contributed by atoms with Crippen molar-refractivity contribution in [2.24, 2.45) is 0 Å². The SMILES string of the molecule is N#CSc1ncnn1CC1(c2ccc(F)cc2)OC1c1cccnc1Cl. The molecule has 130 valence electrons. The summed E-state index contributed by atoms with van der Waals surface area (Å²) in [5, 5.41) is 15.9. The molecule has 2 atom stereocenters. The zero-order valence-electron chi connectivity index (χ0n) is 13.2. The number of nitrogens with zero attached hydrogens (tertiary/aromatic N) is 5. The third-order valence-corrected chi connectivity index (χ3v) is 5.11. The molecule has 2 unspecified atom stereocenters. The number of thiocyanates is 1. The Morgan fingerprint density at radius 1 is 1.31 bits per heavy atom. The number of halogens is 2. The van der Waals surface area contributed by atoms with E-state index in [2.05, 4.69) is 15.1 Å². The summed E-state index contributed by atoms with van der Waals surface area (Å²) in [5.74, 6) is -0.331. The van der Waals surface area contributed by atoms with Crippen LogP contribution in [0.1, 0.15) is 17.2 Å². The fourth-order valence-electron chi connectivity index (χ4n) is 2.95. The Morgan fingerprint density at radius 2 is 2.12 bits per heavy atom. The molecule has 0 saturated carbocycles. The number of ether oxygens (including phenoxy) is 1. The lowest BCUT2D eigenvalue weighted by atomic mass is 9.92. The first kappa shape index (κ1) is 17.0. The number of hydrogen-bond acceptors (Lipinski definition) is 6. The van der Waals surface area contributed by atoms with Gasteiger partial charge in [0.15, 0.2) is 0 Å². The molecule has 3 heterocycles. The van der Waals surface area contributed by atoms with Crippen LogP contribution in [-0.2, 0) is 16.9 Å². The highest BCUT2D eigenvalue weighted by atomic mass is 35.5. The molecule has 0 radical (unpaired) electrons. The molecule has 6 nitrogen and oxygen atoms in total. The fraction of sp³-hybridized carbons (Fsp3) is 0.176. The largest absolute Gasteiger partial charge is 0.354 e. The van der Waals surface area contributed by atoms with Crippen molar-refractivity contribution in [2.75, 3.05) is 0 Å². The van der Waals surface area contributed by atoms with Crippen molar-refractivity contribution >= 4 is 23.4 Å². The number of nitriles is 1. The molecule has 3 aromatic rings. The van der Waals surface area contributed by atoms with Crippen LogP contribution in [0.5, 0.6) is 0 Å². The highest BCUT2D eigenvalue weighted by Gasteiger charge is 2.60. The standard InChI is InChI=1S/C17H11ClFN5OS/c18-15-13(2-1-7-21-15)14-17(25-14,11-3-5-12(19)6-4-11)8-24-16(26-9-20)22-10-23-24/h1-7,10,14H,8H2. The molecule has 0 aliphatic carbocycles. The van der Waals surface area contributed by atoms with Crippen molar-refractivity contribution in [2.45, 2.75) is 23.4 Å². The Labute approximate surface area is 157 Å². The van der Waals surface area contributed by atoms with E-state index in [0.29, 0.717) is 16.9 Å². The number of epoxide rings is 1. The molecule has 1 aromatic carbocycles. The molecule has 1 aliphatic rings. The molecule has 1 fully saturated rings. The van der Waals surface area contributed by atoms with E-state index in [1.807, 2.05) is 11.5 Å². The molecule has 0 N–H and O–H groups in total. The smallest absolute Gasteiger partial charge is 0.200 e. The summed E-state index contributed by atoms with van der Waals surface area (Å²) < 4.78 is 21.1. The van der Waals surface area contributed by atoms with E-state index in [-0.39, 0.29) is 11.9 Å². The molecular weight excluding hydrogens is 377 g/mol. The van der Waals surface area contributed by atoms with Gasteiger partial charge in [0, 0.05) is 23.5 Å². The van der Waals surface area contributed by atoms with E-state index >= 15 is 0 Å². The number of hydrogen-bond donors (Lipinski definition) is 0. The van der Waals surface area contributed by atoms with Crippen molar-refractivity contribution in [3.63, 3.8) is 0 Å². The minimum absolute atomic E-state index is 0.304. The van der Waals surface area contributed by atoms with Crippen molar-refractivity contribution in [3.05, 3.63) is 71.0 Å². The Balaban J connectivity index is 1.74. The van der Waals surface area contributed by atoms with Crippen LogP contribution in [0.3, 0.4) is 0 Å². The summed E-state index contributed by atoms with van der Waals surface area (Å²) in [7, 11) is 0. The van der Waals surface area contributed by atoms with Crippen LogP contribution in [-0.4, -0.2) is 19.7 Å². The number of pyridine rings is 1. The van der Waals surface area contributed by atoms with Gasteiger partial charge in [-0.25, -0.2) is 19.0 Å². The lowest BCUT2D eigenvalue weighted by Gasteiger charge is -2.15. The third kappa shape index (κ3) is 2.94. The van der Waals surface area contributed by atoms with Gasteiger partial charge < -0.3 is 4.74 Å². The molecule has 0 amide bonds. The summed E-state index contributed by atoms with van der Waals surface area (Å²) >= 11 is 7.14. The second kappa shape index (κ2) is 6.68. The minimum Gasteiger partial charge on any atom is -0.354 e. The second-order valence-corrected chi connectivity index (χ2v) is 6.78. The van der Waals surface area contributed by atoms with Gasteiger partial charge in [0.1, 0.15) is 34.4 Å². The topological polar surface area (TPSA) is 79.9 Å². The van der Waals surface area contributed by atoms with E-state index in [0.717, 1.165) is 22.9 Å². The van der Waals surface area contributed by atoms with Gasteiger partial charge in [-0.15, -0.1) is 0 Å². The van der Waals surface area contributed by atoms with Gasteiger partial charge in [0.2, 0.25) is 5.16 Å². The van der Waals surface area contributed by atoms with Crippen molar-refractivity contribution < 1.29 is 9.13 Å². The van der Waals surface area contributed by atoms with Crippen molar-refractivity contribution in [1.29, 1.82) is 5.26 Å². The predicted octanol–water partition coefficient (Wildman–Crippen LogP) is 3.71. The summed E-state index contributed by atoms with van der Waals surface area (Å²) in [5.41, 5.74) is 0.735. The van der Waals surface area contributed by atoms with E-state index in [1.165, 1.54) is 18.5 Å². The van der Waals surface area contributed by atoms with Gasteiger partial charge in [0.05, 0.1) is 6.54 Å². The van der Waals surface area contributed by atoms with Crippen LogP contribution in [0.4, 0.5) is 4.39 Å². The first-order chi connectivity index (χ1) is 12.6. The maximum atomic E-state index is 13.4. The molecule has 0 spiro atoms. The number of benzene rings is 1.